The lowest BCUT2D eigenvalue weighted by Gasteiger charge is -2.32. The average Bonchev–Trinajstić information content (AvgIpc) is 2.46. The first-order valence-electron chi connectivity index (χ1n) is 6.89. The molecule has 20 heavy (non-hydrogen) atoms. The van der Waals surface area contributed by atoms with Gasteiger partial charge in [-0.3, -0.25) is 10.1 Å². The fourth-order valence-corrected chi connectivity index (χ4v) is 2.48. The van der Waals surface area contributed by atoms with Gasteiger partial charge in [0.15, 0.2) is 0 Å². The Bertz CT molecular complexity index is 480. The van der Waals surface area contributed by atoms with Crippen LogP contribution in [0.5, 0.6) is 0 Å². The van der Waals surface area contributed by atoms with Crippen molar-refractivity contribution in [3.8, 4) is 0 Å². The Labute approximate surface area is 118 Å². The molecule has 0 bridgehead atoms. The second-order valence-corrected chi connectivity index (χ2v) is 5.08. The summed E-state index contributed by atoms with van der Waals surface area (Å²) in [5.41, 5.74) is 0.0162. The summed E-state index contributed by atoms with van der Waals surface area (Å²) in [5.74, 6) is 0.955. The van der Waals surface area contributed by atoms with Crippen molar-refractivity contribution in [2.24, 2.45) is 0 Å². The number of likely N-dealkylation sites (tertiary alicyclic amines) is 1. The highest BCUT2D eigenvalue weighted by molar-refractivity contribution is 5.60. The maximum absolute atomic E-state index is 11.0. The number of aromatic nitrogens is 1. The van der Waals surface area contributed by atoms with E-state index in [4.69, 9.17) is 0 Å². The molecule has 0 aliphatic carbocycles. The molecule has 0 aromatic carbocycles. The Balaban J connectivity index is 2.08. The number of rotatable bonds is 5. The SMILES string of the molecule is CNc1ccc([N+](=O)[O-])c(NCC2CCCCN2C)n1. The normalized spacial score (nSPS) is 19.6. The van der Waals surface area contributed by atoms with Crippen LogP contribution in [-0.2, 0) is 0 Å². The van der Waals surface area contributed by atoms with Crippen LogP contribution in [0.2, 0.25) is 0 Å². The quantitative estimate of drug-likeness (QED) is 0.633. The molecule has 1 fully saturated rings. The minimum absolute atomic E-state index is 0.0162. The molecule has 1 aliphatic rings. The molecular weight excluding hydrogens is 258 g/mol. The van der Waals surface area contributed by atoms with Crippen molar-refractivity contribution in [3.05, 3.63) is 22.2 Å². The van der Waals surface area contributed by atoms with Crippen molar-refractivity contribution in [3.63, 3.8) is 0 Å². The molecule has 1 saturated heterocycles. The van der Waals surface area contributed by atoms with Crippen LogP contribution in [0, 0.1) is 10.1 Å². The summed E-state index contributed by atoms with van der Waals surface area (Å²) in [6.07, 6.45) is 3.55. The van der Waals surface area contributed by atoms with E-state index in [9.17, 15) is 10.1 Å². The van der Waals surface area contributed by atoms with Crippen LogP contribution >= 0.6 is 0 Å². The molecule has 1 unspecified atom stereocenters. The van der Waals surface area contributed by atoms with E-state index in [2.05, 4.69) is 27.6 Å². The lowest BCUT2D eigenvalue weighted by atomic mass is 10.0. The Hall–Kier alpha value is -1.89. The summed E-state index contributed by atoms with van der Waals surface area (Å²) in [6, 6.07) is 3.49. The van der Waals surface area contributed by atoms with Crippen molar-refractivity contribution in [1.29, 1.82) is 0 Å². The number of nitrogens with one attached hydrogen (secondary N) is 2. The number of nitro groups is 1. The second kappa shape index (κ2) is 6.51. The molecule has 1 aromatic heterocycles. The maximum atomic E-state index is 11.0. The number of anilines is 2. The van der Waals surface area contributed by atoms with Gasteiger partial charge in [0.25, 0.3) is 0 Å². The van der Waals surface area contributed by atoms with Gasteiger partial charge in [-0.15, -0.1) is 0 Å². The topological polar surface area (TPSA) is 83.3 Å². The van der Waals surface area contributed by atoms with Gasteiger partial charge in [0.1, 0.15) is 5.82 Å². The van der Waals surface area contributed by atoms with E-state index in [1.54, 1.807) is 13.1 Å². The summed E-state index contributed by atoms with van der Waals surface area (Å²) in [4.78, 5) is 17.2. The van der Waals surface area contributed by atoms with Crippen molar-refractivity contribution < 1.29 is 4.92 Å². The third kappa shape index (κ3) is 3.36. The van der Waals surface area contributed by atoms with Crippen LogP contribution in [0.15, 0.2) is 12.1 Å². The van der Waals surface area contributed by atoms with Gasteiger partial charge in [-0.1, -0.05) is 6.42 Å². The Kier molecular flexibility index (Phi) is 4.73. The van der Waals surface area contributed by atoms with Crippen LogP contribution in [0.3, 0.4) is 0 Å². The summed E-state index contributed by atoms with van der Waals surface area (Å²) < 4.78 is 0. The number of nitrogens with zero attached hydrogens (tertiary/aromatic N) is 3. The molecule has 0 saturated carbocycles. The molecule has 2 heterocycles. The fraction of sp³-hybridized carbons (Fsp3) is 0.615. The standard InChI is InChI=1S/C13H21N5O2/c1-14-12-7-6-11(18(19)20)13(16-12)15-9-10-5-3-4-8-17(10)2/h6-7,10H,3-5,8-9H2,1-2H3,(H2,14,15,16). The second-order valence-electron chi connectivity index (χ2n) is 5.08. The minimum atomic E-state index is -0.403. The summed E-state index contributed by atoms with van der Waals surface area (Å²) >= 11 is 0. The molecule has 1 atom stereocenters. The maximum Gasteiger partial charge on any atom is 0.311 e. The number of hydrogen-bond acceptors (Lipinski definition) is 6. The van der Waals surface area contributed by atoms with Crippen LogP contribution in [-0.4, -0.2) is 48.0 Å². The van der Waals surface area contributed by atoms with Crippen LogP contribution in [0.1, 0.15) is 19.3 Å². The van der Waals surface area contributed by atoms with Crippen molar-refractivity contribution in [2.75, 3.05) is 37.8 Å². The van der Waals surface area contributed by atoms with Gasteiger partial charge in [0, 0.05) is 25.7 Å². The monoisotopic (exact) mass is 279 g/mol. The molecule has 1 aromatic rings. The lowest BCUT2D eigenvalue weighted by Crippen LogP contribution is -2.40. The number of piperidine rings is 1. The first kappa shape index (κ1) is 14.5. The third-order valence-electron chi connectivity index (χ3n) is 3.75. The van der Waals surface area contributed by atoms with Gasteiger partial charge in [0.05, 0.1) is 4.92 Å². The molecule has 0 amide bonds. The zero-order chi connectivity index (χ0) is 14.5. The van der Waals surface area contributed by atoms with E-state index in [1.807, 2.05) is 0 Å². The molecule has 2 N–H and O–H groups in total. The predicted molar refractivity (Wildman–Crippen MR) is 79.2 cm³/mol. The highest BCUT2D eigenvalue weighted by Gasteiger charge is 2.21. The van der Waals surface area contributed by atoms with Crippen LogP contribution in [0.4, 0.5) is 17.3 Å². The van der Waals surface area contributed by atoms with Gasteiger partial charge >= 0.3 is 5.69 Å². The van der Waals surface area contributed by atoms with Crippen LogP contribution < -0.4 is 10.6 Å². The Morgan fingerprint density at radius 2 is 2.30 bits per heavy atom. The molecule has 1 aliphatic heterocycles. The van der Waals surface area contributed by atoms with E-state index in [0.29, 0.717) is 24.2 Å². The average molecular weight is 279 g/mol. The summed E-state index contributed by atoms with van der Waals surface area (Å²) in [6.45, 7) is 1.76. The highest BCUT2D eigenvalue weighted by Crippen LogP contribution is 2.24. The van der Waals surface area contributed by atoms with E-state index in [-0.39, 0.29) is 5.69 Å². The lowest BCUT2D eigenvalue weighted by molar-refractivity contribution is -0.384. The highest BCUT2D eigenvalue weighted by atomic mass is 16.6. The molecule has 7 heteroatoms. The minimum Gasteiger partial charge on any atom is -0.373 e. The summed E-state index contributed by atoms with van der Waals surface area (Å²) in [5, 5.41) is 17.1. The molecule has 2 rings (SSSR count). The van der Waals surface area contributed by atoms with Crippen LogP contribution in [0.25, 0.3) is 0 Å². The smallest absolute Gasteiger partial charge is 0.311 e. The Morgan fingerprint density at radius 3 is 2.95 bits per heavy atom. The van der Waals surface area contributed by atoms with E-state index in [0.717, 1.165) is 13.0 Å². The van der Waals surface area contributed by atoms with Gasteiger partial charge in [0.2, 0.25) is 5.82 Å². The number of hydrogen-bond donors (Lipinski definition) is 2. The molecular formula is C13H21N5O2. The largest absolute Gasteiger partial charge is 0.373 e. The van der Waals surface area contributed by atoms with Gasteiger partial charge < -0.3 is 15.5 Å². The van der Waals surface area contributed by atoms with Gasteiger partial charge in [-0.25, -0.2) is 4.98 Å². The zero-order valence-corrected chi connectivity index (χ0v) is 11.9. The molecule has 7 nitrogen and oxygen atoms in total. The third-order valence-corrected chi connectivity index (χ3v) is 3.75. The van der Waals surface area contributed by atoms with E-state index in [1.165, 1.54) is 18.9 Å². The number of pyridine rings is 1. The van der Waals surface area contributed by atoms with Gasteiger partial charge in [-0.2, -0.15) is 0 Å². The van der Waals surface area contributed by atoms with E-state index < -0.39 is 4.92 Å². The Morgan fingerprint density at radius 1 is 1.50 bits per heavy atom. The zero-order valence-electron chi connectivity index (χ0n) is 11.9. The summed E-state index contributed by atoms with van der Waals surface area (Å²) in [7, 11) is 3.84. The van der Waals surface area contributed by atoms with Gasteiger partial charge in [-0.05, 0) is 32.5 Å². The molecule has 110 valence electrons. The molecule has 0 radical (unpaired) electrons. The van der Waals surface area contributed by atoms with Crippen molar-refractivity contribution in [1.82, 2.24) is 9.88 Å². The number of likely N-dealkylation sites (N-methyl/N-ethyl adjacent to an activating group) is 1. The van der Waals surface area contributed by atoms with Crippen molar-refractivity contribution >= 4 is 17.3 Å². The van der Waals surface area contributed by atoms with E-state index >= 15 is 0 Å². The molecule has 0 spiro atoms. The predicted octanol–water partition coefficient (Wildman–Crippen LogP) is 1.93. The first-order chi connectivity index (χ1) is 9.61. The van der Waals surface area contributed by atoms with Crippen molar-refractivity contribution in [2.45, 2.75) is 25.3 Å². The fourth-order valence-electron chi connectivity index (χ4n) is 2.48. The first-order valence-corrected chi connectivity index (χ1v) is 6.89.